The molecule has 10 nitrogen and oxygen atoms in total. The summed E-state index contributed by atoms with van der Waals surface area (Å²) < 4.78 is 11.0. The molecule has 4 unspecified atom stereocenters. The number of amides is 5. The third-order valence-electron chi connectivity index (χ3n) is 4.54. The van der Waals surface area contributed by atoms with Gasteiger partial charge in [-0.1, -0.05) is 47.1 Å². The van der Waals surface area contributed by atoms with Crippen LogP contribution in [-0.4, -0.2) is 79.1 Å². The van der Waals surface area contributed by atoms with Gasteiger partial charge in [-0.25, -0.2) is 9.18 Å². The second kappa shape index (κ2) is 18.7. The first-order chi connectivity index (χ1) is 16.7. The molecule has 0 saturated carbocycles. The number of halogens is 1. The van der Waals surface area contributed by atoms with Crippen LogP contribution >= 0.6 is 9.24 Å². The van der Waals surface area contributed by atoms with E-state index in [0.717, 1.165) is 0 Å². The van der Waals surface area contributed by atoms with Crippen LogP contribution in [0.1, 0.15) is 60.8 Å². The molecule has 208 valence electrons. The molecule has 1 aliphatic heterocycles. The Morgan fingerprint density at radius 3 is 2.14 bits per heavy atom. The van der Waals surface area contributed by atoms with Gasteiger partial charge in [-0.3, -0.25) is 19.2 Å². The summed E-state index contributed by atoms with van der Waals surface area (Å²) >= 11 is 0. The molecule has 1 fully saturated rings. The van der Waals surface area contributed by atoms with E-state index in [2.05, 4.69) is 41.7 Å². The Morgan fingerprint density at radius 2 is 1.69 bits per heavy atom. The first kappa shape index (κ1) is 35.6. The van der Waals surface area contributed by atoms with Gasteiger partial charge >= 0.3 is 6.03 Å². The number of urea groups is 1. The quantitative estimate of drug-likeness (QED) is 0.215. The summed E-state index contributed by atoms with van der Waals surface area (Å²) in [7, 11) is 3.44. The Bertz CT molecular complexity index is 740. The molecule has 1 rings (SSSR count). The molecule has 12 heteroatoms. The zero-order valence-corrected chi connectivity index (χ0v) is 23.9. The highest BCUT2D eigenvalue weighted by atomic mass is 31.0. The van der Waals surface area contributed by atoms with Crippen molar-refractivity contribution < 1.29 is 28.4 Å². The van der Waals surface area contributed by atoms with Gasteiger partial charge in [0.05, 0.1) is 6.54 Å². The average molecular weight is 534 g/mol. The lowest BCUT2D eigenvalue weighted by molar-refractivity contribution is -0.142. The lowest BCUT2D eigenvalue weighted by atomic mass is 9.85. The summed E-state index contributed by atoms with van der Waals surface area (Å²) in [4.78, 5) is 62.2. The minimum absolute atomic E-state index is 0.149. The number of likely N-dealkylation sites (tertiary alicyclic amines) is 1. The number of Topliss-reactive ketones (excluding diaryl/α,β-unsaturated/α-hetero) is 1. The van der Waals surface area contributed by atoms with Crippen LogP contribution in [0.3, 0.4) is 0 Å². The van der Waals surface area contributed by atoms with Gasteiger partial charge in [0.1, 0.15) is 18.0 Å². The first-order valence-corrected chi connectivity index (χ1v) is 12.7. The molecule has 36 heavy (non-hydrogen) atoms. The Kier molecular flexibility index (Phi) is 18.5. The third-order valence-corrected chi connectivity index (χ3v) is 4.54. The number of rotatable bonds is 8. The summed E-state index contributed by atoms with van der Waals surface area (Å²) in [5.74, 6) is -3.22. The monoisotopic (exact) mass is 533 g/mol. The van der Waals surface area contributed by atoms with Crippen molar-refractivity contribution in [3.05, 3.63) is 12.7 Å². The van der Waals surface area contributed by atoms with Gasteiger partial charge in [0.15, 0.2) is 0 Å². The molecule has 5 amide bonds. The molecular weight excluding hydrogens is 488 g/mol. The van der Waals surface area contributed by atoms with Crippen molar-refractivity contribution in [3.63, 3.8) is 0 Å². The van der Waals surface area contributed by atoms with E-state index in [0.29, 0.717) is 19.4 Å². The zero-order chi connectivity index (χ0) is 28.5. The smallest absolute Gasteiger partial charge is 0.315 e. The Hall–Kier alpha value is -2.55. The fourth-order valence-electron chi connectivity index (χ4n) is 2.95. The van der Waals surface area contributed by atoms with E-state index in [1.807, 2.05) is 30.0 Å². The number of alkyl halides is 1. The van der Waals surface area contributed by atoms with E-state index in [-0.39, 0.29) is 12.5 Å². The highest BCUT2D eigenvalue weighted by molar-refractivity contribution is 7.17. The standard InChI is InChI=1S/C19H31N5O5.C3H8.C2H6FP/c1-6-9-21-16(27)13(25)11-22-15(26)12-8-7-10-24(12)17(28)14(19(2,3)4)23-18(29)20-5;1-3-2;1-2(3)4/h6,12,14H,1,7-11H2,2-5H3,(H,21,27)(H,22,26)(H2,20,23,29);3H2,1-2H3;2H,4H2,1H3. The van der Waals surface area contributed by atoms with Crippen LogP contribution in [0.15, 0.2) is 12.7 Å². The number of carbonyl (C=O) groups is 5. The van der Waals surface area contributed by atoms with Crippen molar-refractivity contribution in [3.8, 4) is 0 Å². The molecule has 1 aliphatic rings. The van der Waals surface area contributed by atoms with Crippen LogP contribution in [0.4, 0.5) is 9.18 Å². The molecule has 0 aromatic carbocycles. The van der Waals surface area contributed by atoms with Crippen molar-refractivity contribution in [1.82, 2.24) is 26.2 Å². The second-order valence-electron chi connectivity index (χ2n) is 9.24. The molecule has 0 aromatic rings. The van der Waals surface area contributed by atoms with E-state index >= 15 is 0 Å². The minimum Gasteiger partial charge on any atom is -0.347 e. The number of carbonyl (C=O) groups excluding carboxylic acids is 5. The van der Waals surface area contributed by atoms with Crippen molar-refractivity contribution in [2.75, 3.05) is 26.7 Å². The Morgan fingerprint density at radius 1 is 1.17 bits per heavy atom. The van der Waals surface area contributed by atoms with Crippen molar-refractivity contribution in [2.24, 2.45) is 5.41 Å². The highest BCUT2D eigenvalue weighted by Crippen LogP contribution is 2.25. The lowest BCUT2D eigenvalue weighted by Gasteiger charge is -2.35. The number of hydrogen-bond donors (Lipinski definition) is 4. The molecule has 0 spiro atoms. The van der Waals surface area contributed by atoms with Gasteiger partial charge < -0.3 is 26.2 Å². The van der Waals surface area contributed by atoms with Crippen molar-refractivity contribution in [1.29, 1.82) is 0 Å². The average Bonchev–Trinajstić information content (AvgIpc) is 3.28. The molecule has 0 radical (unpaired) electrons. The van der Waals surface area contributed by atoms with Crippen LogP contribution < -0.4 is 21.3 Å². The van der Waals surface area contributed by atoms with Crippen molar-refractivity contribution >= 4 is 38.8 Å². The maximum atomic E-state index is 13.1. The third kappa shape index (κ3) is 14.8. The largest absolute Gasteiger partial charge is 0.347 e. The molecule has 1 saturated heterocycles. The molecule has 0 bridgehead atoms. The molecule has 1 heterocycles. The predicted molar refractivity (Wildman–Crippen MR) is 143 cm³/mol. The minimum atomic E-state index is -0.831. The zero-order valence-electron chi connectivity index (χ0n) is 22.7. The number of nitrogens with one attached hydrogen (secondary N) is 4. The molecule has 4 atom stereocenters. The fourth-order valence-corrected chi connectivity index (χ4v) is 2.95. The van der Waals surface area contributed by atoms with Gasteiger partial charge in [0, 0.05) is 20.1 Å². The van der Waals surface area contributed by atoms with E-state index in [4.69, 9.17) is 0 Å². The molecule has 0 aromatic heterocycles. The summed E-state index contributed by atoms with van der Waals surface area (Å²) in [6.07, 6.45) is 3.74. The SMILES string of the molecule is C=CCNC(=O)C(=O)CNC(=O)C1CCCN1C(=O)C(NC(=O)NC)C(C)(C)C.CC(F)P.CCC. The van der Waals surface area contributed by atoms with Crippen LogP contribution in [-0.2, 0) is 19.2 Å². The maximum Gasteiger partial charge on any atom is 0.315 e. The first-order valence-electron chi connectivity index (χ1n) is 12.1. The second-order valence-corrected chi connectivity index (χ2v) is 10.2. The van der Waals surface area contributed by atoms with E-state index in [9.17, 15) is 28.4 Å². The van der Waals surface area contributed by atoms with Crippen molar-refractivity contribution in [2.45, 2.75) is 78.8 Å². The van der Waals surface area contributed by atoms with E-state index < -0.39 is 53.6 Å². The van der Waals surface area contributed by atoms with E-state index in [1.54, 1.807) is 0 Å². The Balaban J connectivity index is 0. The highest BCUT2D eigenvalue weighted by Gasteiger charge is 2.41. The number of hydrogen-bond acceptors (Lipinski definition) is 5. The summed E-state index contributed by atoms with van der Waals surface area (Å²) in [6.45, 7) is 14.7. The topological polar surface area (TPSA) is 137 Å². The van der Waals surface area contributed by atoms with Gasteiger partial charge in [-0.15, -0.1) is 15.8 Å². The predicted octanol–water partition coefficient (Wildman–Crippen LogP) is 1.90. The normalized spacial score (nSPS) is 16.0. The number of nitrogens with zero attached hydrogens (tertiary/aromatic N) is 1. The summed E-state index contributed by atoms with van der Waals surface area (Å²) in [5, 5.41) is 9.83. The van der Waals surface area contributed by atoms with Crippen LogP contribution in [0.25, 0.3) is 0 Å². The fraction of sp³-hybridized carbons (Fsp3) is 0.708. The molecular formula is C24H45FN5O5P. The summed E-state index contributed by atoms with van der Waals surface area (Å²) in [5.41, 5.74) is -0.577. The van der Waals surface area contributed by atoms with Crippen LogP contribution in [0, 0.1) is 5.41 Å². The van der Waals surface area contributed by atoms with Gasteiger partial charge in [-0.2, -0.15) is 0 Å². The maximum absolute atomic E-state index is 13.1. The molecule has 0 aliphatic carbocycles. The van der Waals surface area contributed by atoms with Gasteiger partial charge in [0.2, 0.25) is 17.6 Å². The lowest BCUT2D eigenvalue weighted by Crippen LogP contribution is -2.59. The number of ketones is 1. The Labute approximate surface area is 217 Å². The summed E-state index contributed by atoms with van der Waals surface area (Å²) in [6, 6.07) is -2.08. The van der Waals surface area contributed by atoms with Gasteiger partial charge in [0.25, 0.3) is 5.91 Å². The van der Waals surface area contributed by atoms with Crippen LogP contribution in [0.2, 0.25) is 0 Å². The van der Waals surface area contributed by atoms with Crippen LogP contribution in [0.5, 0.6) is 0 Å². The van der Waals surface area contributed by atoms with Gasteiger partial charge in [-0.05, 0) is 25.2 Å². The van der Waals surface area contributed by atoms with E-state index in [1.165, 1.54) is 31.4 Å². The molecule has 4 N–H and O–H groups in total.